The largest absolute Gasteiger partial charge is 0.427 e. The van der Waals surface area contributed by atoms with E-state index in [4.69, 9.17) is 5.21 Å². The molecule has 56 valence electrons. The Labute approximate surface area is 60.3 Å². The van der Waals surface area contributed by atoms with E-state index < -0.39 is 0 Å². The Morgan fingerprint density at radius 1 is 1.50 bits per heavy atom. The van der Waals surface area contributed by atoms with E-state index >= 15 is 0 Å². The number of rotatable bonds is 0. The van der Waals surface area contributed by atoms with Crippen molar-refractivity contribution in [1.82, 2.24) is 9.71 Å². The van der Waals surface area contributed by atoms with Crippen LogP contribution in [0.4, 0.5) is 0 Å². The Bertz CT molecular complexity index is 222. The molecule has 0 aliphatic heterocycles. The molecular formula is C7H12N2O. The maximum absolute atomic E-state index is 9.14. The second-order valence-electron chi connectivity index (χ2n) is 3.37. The van der Waals surface area contributed by atoms with Crippen molar-refractivity contribution in [3.05, 3.63) is 18.2 Å². The summed E-state index contributed by atoms with van der Waals surface area (Å²) in [6, 6.07) is 0. The first-order chi connectivity index (χ1) is 4.52. The van der Waals surface area contributed by atoms with Crippen molar-refractivity contribution in [2.75, 3.05) is 0 Å². The highest BCUT2D eigenvalue weighted by Gasteiger charge is 2.17. The first-order valence-electron chi connectivity index (χ1n) is 3.24. The molecule has 0 fully saturated rings. The van der Waals surface area contributed by atoms with Crippen LogP contribution in [0.2, 0.25) is 0 Å². The average molecular weight is 140 g/mol. The molecule has 0 saturated carbocycles. The van der Waals surface area contributed by atoms with Gasteiger partial charge in [0.1, 0.15) is 6.33 Å². The summed E-state index contributed by atoms with van der Waals surface area (Å²) < 4.78 is 1.06. The lowest BCUT2D eigenvalue weighted by atomic mass is 9.93. The highest BCUT2D eigenvalue weighted by atomic mass is 16.5. The van der Waals surface area contributed by atoms with Gasteiger partial charge in [-0.05, 0) is 0 Å². The van der Waals surface area contributed by atoms with Crippen molar-refractivity contribution in [2.45, 2.75) is 26.2 Å². The second kappa shape index (κ2) is 2.01. The Morgan fingerprint density at radius 3 is 2.30 bits per heavy atom. The fraction of sp³-hybridized carbons (Fsp3) is 0.571. The summed E-state index contributed by atoms with van der Waals surface area (Å²) in [5.41, 5.74) is 0.790. The van der Waals surface area contributed by atoms with Gasteiger partial charge in [-0.3, -0.25) is 0 Å². The molecule has 1 heterocycles. The summed E-state index contributed by atoms with van der Waals surface area (Å²) in [6.07, 6.45) is 3.06. The molecule has 10 heavy (non-hydrogen) atoms. The third kappa shape index (κ3) is 1.12. The van der Waals surface area contributed by atoms with Crippen LogP contribution >= 0.6 is 0 Å². The summed E-state index contributed by atoms with van der Waals surface area (Å²) in [5, 5.41) is 9.14. The van der Waals surface area contributed by atoms with Gasteiger partial charge in [0, 0.05) is 5.41 Å². The zero-order valence-electron chi connectivity index (χ0n) is 6.50. The maximum atomic E-state index is 9.14. The molecule has 0 aliphatic carbocycles. The van der Waals surface area contributed by atoms with Gasteiger partial charge in [0.25, 0.3) is 0 Å². The van der Waals surface area contributed by atoms with Gasteiger partial charge in [0.05, 0.1) is 11.9 Å². The summed E-state index contributed by atoms with van der Waals surface area (Å²) in [4.78, 5) is 3.80. The Morgan fingerprint density at radius 2 is 2.10 bits per heavy atom. The van der Waals surface area contributed by atoms with Crippen molar-refractivity contribution in [3.8, 4) is 0 Å². The molecule has 0 bridgehead atoms. The minimum Gasteiger partial charge on any atom is -0.427 e. The average Bonchev–Trinajstić information content (AvgIpc) is 2.11. The van der Waals surface area contributed by atoms with Crippen LogP contribution in [0.3, 0.4) is 0 Å². The third-order valence-electron chi connectivity index (χ3n) is 1.39. The lowest BCUT2D eigenvalue weighted by molar-refractivity contribution is 0.166. The number of hydrogen-bond donors (Lipinski definition) is 1. The normalized spacial score (nSPS) is 11.9. The topological polar surface area (TPSA) is 38.0 Å². The maximum Gasteiger partial charge on any atom is 0.131 e. The van der Waals surface area contributed by atoms with Gasteiger partial charge in [-0.1, -0.05) is 20.8 Å². The summed E-state index contributed by atoms with van der Waals surface area (Å²) in [5.74, 6) is 0. The van der Waals surface area contributed by atoms with Crippen molar-refractivity contribution < 1.29 is 5.21 Å². The van der Waals surface area contributed by atoms with Crippen LogP contribution in [0.25, 0.3) is 0 Å². The van der Waals surface area contributed by atoms with E-state index in [-0.39, 0.29) is 5.41 Å². The molecule has 0 saturated heterocycles. The summed E-state index contributed by atoms with van der Waals surface area (Å²) in [7, 11) is 0. The van der Waals surface area contributed by atoms with E-state index in [1.807, 2.05) is 20.8 Å². The lowest BCUT2D eigenvalue weighted by Crippen LogP contribution is -2.15. The second-order valence-corrected chi connectivity index (χ2v) is 3.37. The van der Waals surface area contributed by atoms with E-state index in [1.54, 1.807) is 6.20 Å². The van der Waals surface area contributed by atoms with E-state index in [0.29, 0.717) is 0 Å². The fourth-order valence-electron chi connectivity index (χ4n) is 0.826. The fourth-order valence-corrected chi connectivity index (χ4v) is 0.826. The molecule has 1 N–H and O–H groups in total. The van der Waals surface area contributed by atoms with Crippen molar-refractivity contribution >= 4 is 0 Å². The molecule has 0 spiro atoms. The molecule has 0 aromatic carbocycles. The van der Waals surface area contributed by atoms with Gasteiger partial charge in [-0.15, -0.1) is 0 Å². The van der Waals surface area contributed by atoms with Crippen molar-refractivity contribution in [3.63, 3.8) is 0 Å². The first kappa shape index (κ1) is 7.12. The molecule has 1 aromatic heterocycles. The molecule has 0 aliphatic rings. The number of aromatic nitrogens is 2. The molecule has 0 radical (unpaired) electrons. The molecule has 3 nitrogen and oxygen atoms in total. The monoisotopic (exact) mass is 140 g/mol. The minimum atomic E-state index is -0.0365. The standard InChI is InChI=1S/C7H12N2O/c1-7(2,3)6-4-8-5-9(6)10/h4-5,10H,1-3H3. The van der Waals surface area contributed by atoms with Crippen LogP contribution in [0.5, 0.6) is 0 Å². The predicted octanol–water partition coefficient (Wildman–Crippen LogP) is 1.42. The van der Waals surface area contributed by atoms with Crippen molar-refractivity contribution in [1.29, 1.82) is 0 Å². The van der Waals surface area contributed by atoms with Gasteiger partial charge in [-0.25, -0.2) is 4.98 Å². The first-order valence-corrected chi connectivity index (χ1v) is 3.24. The highest BCUT2D eigenvalue weighted by Crippen LogP contribution is 2.19. The molecule has 0 amide bonds. The smallest absolute Gasteiger partial charge is 0.131 e. The van der Waals surface area contributed by atoms with Gasteiger partial charge in [-0.2, -0.15) is 4.73 Å². The number of imidazole rings is 1. The summed E-state index contributed by atoms with van der Waals surface area (Å²) >= 11 is 0. The Kier molecular flexibility index (Phi) is 1.43. The van der Waals surface area contributed by atoms with Crippen LogP contribution in [0, 0.1) is 0 Å². The van der Waals surface area contributed by atoms with E-state index in [1.165, 1.54) is 6.33 Å². The highest BCUT2D eigenvalue weighted by molar-refractivity contribution is 5.08. The molecular weight excluding hydrogens is 128 g/mol. The third-order valence-corrected chi connectivity index (χ3v) is 1.39. The van der Waals surface area contributed by atoms with Crippen LogP contribution in [0.1, 0.15) is 26.5 Å². The predicted molar refractivity (Wildman–Crippen MR) is 38.1 cm³/mol. The Hall–Kier alpha value is -0.990. The Balaban J connectivity index is 3.05. The van der Waals surface area contributed by atoms with Crippen LogP contribution < -0.4 is 0 Å². The van der Waals surface area contributed by atoms with Crippen LogP contribution in [-0.2, 0) is 5.41 Å². The number of nitrogens with zero attached hydrogens (tertiary/aromatic N) is 2. The zero-order valence-corrected chi connectivity index (χ0v) is 6.50. The van der Waals surface area contributed by atoms with Gasteiger partial charge < -0.3 is 5.21 Å². The lowest BCUT2D eigenvalue weighted by Gasteiger charge is -2.16. The van der Waals surface area contributed by atoms with E-state index in [9.17, 15) is 0 Å². The quantitative estimate of drug-likeness (QED) is 0.553. The molecule has 3 heteroatoms. The molecule has 0 atom stereocenters. The van der Waals surface area contributed by atoms with Gasteiger partial charge in [0.2, 0.25) is 0 Å². The van der Waals surface area contributed by atoms with Gasteiger partial charge >= 0.3 is 0 Å². The molecule has 1 aromatic rings. The SMILES string of the molecule is CC(C)(C)c1cncn1O. The van der Waals surface area contributed by atoms with E-state index in [0.717, 1.165) is 10.4 Å². The molecule has 0 unspecified atom stereocenters. The number of hydrogen-bond acceptors (Lipinski definition) is 2. The van der Waals surface area contributed by atoms with Crippen LogP contribution in [-0.4, -0.2) is 14.9 Å². The molecule has 1 rings (SSSR count). The zero-order chi connectivity index (χ0) is 7.78. The van der Waals surface area contributed by atoms with Crippen molar-refractivity contribution in [2.24, 2.45) is 0 Å². The van der Waals surface area contributed by atoms with E-state index in [2.05, 4.69) is 4.98 Å². The van der Waals surface area contributed by atoms with Crippen LogP contribution in [0.15, 0.2) is 12.5 Å². The minimum absolute atomic E-state index is 0.0365. The summed E-state index contributed by atoms with van der Waals surface area (Å²) in [6.45, 7) is 6.07. The van der Waals surface area contributed by atoms with Gasteiger partial charge in [0.15, 0.2) is 0 Å².